The van der Waals surface area contributed by atoms with E-state index >= 15 is 0 Å². The van der Waals surface area contributed by atoms with Crippen LogP contribution in [0.5, 0.6) is 11.5 Å². The van der Waals surface area contributed by atoms with Gasteiger partial charge in [0.1, 0.15) is 12.2 Å². The highest BCUT2D eigenvalue weighted by Gasteiger charge is 2.40. The van der Waals surface area contributed by atoms with Crippen LogP contribution in [0.3, 0.4) is 0 Å². The van der Waals surface area contributed by atoms with Gasteiger partial charge >= 0.3 is 6.03 Å². The second-order valence-corrected chi connectivity index (χ2v) is 14.7. The van der Waals surface area contributed by atoms with E-state index in [2.05, 4.69) is 50.4 Å². The zero-order valence-corrected chi connectivity index (χ0v) is 31.2. The smallest absolute Gasteiger partial charge is 0.335 e. The Morgan fingerprint density at radius 2 is 1.43 bits per heavy atom. The minimum Gasteiger partial charge on any atom is -0.493 e. The van der Waals surface area contributed by atoms with Crippen molar-refractivity contribution in [3.63, 3.8) is 0 Å². The molecule has 5 aromatic rings. The Hall–Kier alpha value is -5.38. The number of benzene rings is 5. The number of urea groups is 1. The van der Waals surface area contributed by atoms with Crippen LogP contribution in [0.1, 0.15) is 58.1 Å². The van der Waals surface area contributed by atoms with Crippen LogP contribution in [0.25, 0.3) is 6.08 Å². The van der Waals surface area contributed by atoms with Gasteiger partial charge in [0.15, 0.2) is 11.5 Å². The van der Waals surface area contributed by atoms with Gasteiger partial charge in [-0.05, 0) is 88.7 Å². The monoisotopic (exact) mass is 787 g/mol. The number of ether oxygens (including phenoxy) is 2. The number of imide groups is 2. The number of carbonyl (C=O) groups excluding carboxylic acids is 3. The number of carbonyl (C=O) groups is 3. The fourth-order valence-electron chi connectivity index (χ4n) is 7.73. The summed E-state index contributed by atoms with van der Waals surface area (Å²) in [5.41, 5.74) is 7.21. The third-order valence-electron chi connectivity index (χ3n) is 10.2. The number of rotatable bonds is 8. The minimum atomic E-state index is -0.799. The number of amides is 4. The van der Waals surface area contributed by atoms with E-state index in [4.69, 9.17) is 21.1 Å². The van der Waals surface area contributed by atoms with Gasteiger partial charge < -0.3 is 14.4 Å². The number of hydrogen-bond acceptors (Lipinski definition) is 6. The van der Waals surface area contributed by atoms with Crippen molar-refractivity contribution in [1.82, 2.24) is 5.32 Å². The summed E-state index contributed by atoms with van der Waals surface area (Å²) in [5.74, 6) is -0.739. The third kappa shape index (κ3) is 6.71. The van der Waals surface area contributed by atoms with Crippen LogP contribution in [-0.2, 0) is 16.2 Å². The molecule has 0 aliphatic carbocycles. The molecule has 0 saturated carbocycles. The molecule has 0 bridgehead atoms. The number of anilines is 2. The Morgan fingerprint density at radius 1 is 0.830 bits per heavy atom. The fraction of sp³-hybridized carbons (Fsp3) is 0.186. The van der Waals surface area contributed by atoms with Crippen molar-refractivity contribution in [2.45, 2.75) is 31.3 Å². The van der Waals surface area contributed by atoms with Gasteiger partial charge in [-0.15, -0.1) is 0 Å². The zero-order valence-electron chi connectivity index (χ0n) is 28.9. The Morgan fingerprint density at radius 3 is 2.02 bits per heavy atom. The molecule has 266 valence electrons. The number of halogens is 2. The van der Waals surface area contributed by atoms with Gasteiger partial charge in [0, 0.05) is 35.1 Å². The Labute approximate surface area is 321 Å². The molecule has 0 aromatic heterocycles. The molecule has 3 aliphatic heterocycles. The number of nitrogens with one attached hydrogen (secondary N) is 1. The highest BCUT2D eigenvalue weighted by atomic mass is 79.9. The molecule has 53 heavy (non-hydrogen) atoms. The van der Waals surface area contributed by atoms with Gasteiger partial charge in [-0.1, -0.05) is 100 Å². The molecule has 3 heterocycles. The number of nitrogens with zero attached hydrogens (tertiary/aromatic N) is 2. The molecule has 3 aliphatic rings. The highest BCUT2D eigenvalue weighted by Crippen LogP contribution is 2.50. The number of methoxy groups -OCH3 is 1. The fourth-order valence-corrected chi connectivity index (χ4v) is 8.26. The molecule has 1 saturated heterocycles. The van der Waals surface area contributed by atoms with Crippen molar-refractivity contribution in [3.05, 3.63) is 158 Å². The first-order chi connectivity index (χ1) is 25.8. The standard InChI is InChI=1S/C43H35BrClN3O5/c1-52-38-22-27(21-37(45)40(38)53-25-26-12-14-30(44)15-13-26)20-36-41(49)46-43(51)48(42(36)50)31-23-34-32(28-8-4-2-5-9-28)16-18-47-19-17-33(35(24-31)39(34)47)29-10-6-3-7-11-29/h2-15,20-24,32-33H,16-19,25H2,1H3,(H,46,49,51)/b36-20+/t32-,33-/m1/s1. The largest absolute Gasteiger partial charge is 0.493 e. The molecule has 8 nitrogen and oxygen atoms in total. The molecule has 0 unspecified atom stereocenters. The summed E-state index contributed by atoms with van der Waals surface area (Å²) in [4.78, 5) is 44.8. The third-order valence-corrected chi connectivity index (χ3v) is 11.0. The maximum Gasteiger partial charge on any atom is 0.335 e. The van der Waals surface area contributed by atoms with Crippen molar-refractivity contribution in [2.75, 3.05) is 30.0 Å². The molecular weight excluding hydrogens is 754 g/mol. The molecule has 5 aromatic carbocycles. The minimum absolute atomic E-state index is 0.0642. The average molecular weight is 789 g/mol. The van der Waals surface area contributed by atoms with Crippen LogP contribution in [0.15, 0.2) is 119 Å². The van der Waals surface area contributed by atoms with Crippen LogP contribution < -0.4 is 24.6 Å². The van der Waals surface area contributed by atoms with Crippen LogP contribution in [0.2, 0.25) is 5.02 Å². The first kappa shape index (κ1) is 34.7. The Balaban J connectivity index is 1.18. The summed E-state index contributed by atoms with van der Waals surface area (Å²) in [6.45, 7) is 2.06. The van der Waals surface area contributed by atoms with E-state index in [9.17, 15) is 14.4 Å². The van der Waals surface area contributed by atoms with Crippen LogP contribution in [0.4, 0.5) is 16.2 Å². The lowest BCUT2D eigenvalue weighted by Gasteiger charge is -2.44. The molecular formula is C43H35BrClN3O5. The summed E-state index contributed by atoms with van der Waals surface area (Å²) in [7, 11) is 1.49. The van der Waals surface area contributed by atoms with Gasteiger partial charge in [-0.2, -0.15) is 0 Å². The zero-order chi connectivity index (χ0) is 36.6. The maximum absolute atomic E-state index is 14.4. The van der Waals surface area contributed by atoms with Crippen molar-refractivity contribution in [1.29, 1.82) is 0 Å². The van der Waals surface area contributed by atoms with Gasteiger partial charge in [-0.3, -0.25) is 14.9 Å². The quantitative estimate of drug-likeness (QED) is 0.125. The van der Waals surface area contributed by atoms with E-state index < -0.39 is 17.8 Å². The molecule has 4 amide bonds. The van der Waals surface area contributed by atoms with Crippen molar-refractivity contribution in [3.8, 4) is 11.5 Å². The van der Waals surface area contributed by atoms with E-state index in [0.717, 1.165) is 57.7 Å². The predicted molar refractivity (Wildman–Crippen MR) is 210 cm³/mol. The summed E-state index contributed by atoms with van der Waals surface area (Å²) >= 11 is 10.1. The Kier molecular flexibility index (Phi) is 9.53. The topological polar surface area (TPSA) is 88.2 Å². The SMILES string of the molecule is COc1cc(/C=C2\C(=O)NC(=O)N(c3cc4c5c(c3)[C@@H](c3ccccc3)CCN5CC[C@@H]4c3ccccc3)C2=O)cc(Cl)c1OCc1ccc(Br)cc1. The lowest BCUT2D eigenvalue weighted by molar-refractivity contribution is -0.122. The van der Waals surface area contributed by atoms with E-state index in [1.54, 1.807) is 12.1 Å². The summed E-state index contributed by atoms with van der Waals surface area (Å²) in [6, 6.07) is 34.8. The molecule has 0 spiro atoms. The van der Waals surface area contributed by atoms with Crippen LogP contribution >= 0.6 is 27.5 Å². The van der Waals surface area contributed by atoms with Crippen LogP contribution in [-0.4, -0.2) is 38.0 Å². The van der Waals surface area contributed by atoms with Crippen molar-refractivity contribution < 1.29 is 23.9 Å². The lowest BCUT2D eigenvalue weighted by atomic mass is 9.76. The van der Waals surface area contributed by atoms with E-state index in [1.165, 1.54) is 24.3 Å². The molecule has 1 N–H and O–H groups in total. The summed E-state index contributed by atoms with van der Waals surface area (Å²) in [6.07, 6.45) is 3.21. The molecule has 1 fully saturated rings. The van der Waals surface area contributed by atoms with E-state index in [1.807, 2.05) is 72.8 Å². The molecule has 0 radical (unpaired) electrons. The van der Waals surface area contributed by atoms with E-state index in [0.29, 0.717) is 22.7 Å². The molecule has 2 atom stereocenters. The van der Waals surface area contributed by atoms with Crippen LogP contribution in [0, 0.1) is 0 Å². The first-order valence-electron chi connectivity index (χ1n) is 17.5. The van der Waals surface area contributed by atoms with Crippen molar-refractivity contribution >= 4 is 62.8 Å². The van der Waals surface area contributed by atoms with Gasteiger partial charge in [0.05, 0.1) is 17.8 Å². The normalized spacial score (nSPS) is 18.8. The predicted octanol–water partition coefficient (Wildman–Crippen LogP) is 9.23. The molecule has 8 rings (SSSR count). The average Bonchev–Trinajstić information content (AvgIpc) is 3.17. The first-order valence-corrected chi connectivity index (χ1v) is 18.6. The summed E-state index contributed by atoms with van der Waals surface area (Å²) in [5, 5.41) is 2.65. The van der Waals surface area contributed by atoms with Crippen molar-refractivity contribution in [2.24, 2.45) is 0 Å². The number of barbiturate groups is 1. The lowest BCUT2D eigenvalue weighted by Crippen LogP contribution is -2.54. The number of hydrogen-bond donors (Lipinski definition) is 1. The maximum atomic E-state index is 14.4. The van der Waals surface area contributed by atoms with E-state index in [-0.39, 0.29) is 29.0 Å². The second-order valence-electron chi connectivity index (χ2n) is 13.4. The van der Waals surface area contributed by atoms with Gasteiger partial charge in [-0.25, -0.2) is 9.69 Å². The second kappa shape index (κ2) is 14.6. The summed E-state index contributed by atoms with van der Waals surface area (Å²) < 4.78 is 12.6. The molecule has 10 heteroatoms. The Bertz CT molecular complexity index is 2190. The van der Waals surface area contributed by atoms with Gasteiger partial charge in [0.2, 0.25) is 0 Å². The van der Waals surface area contributed by atoms with Gasteiger partial charge in [0.25, 0.3) is 11.8 Å². The highest BCUT2D eigenvalue weighted by molar-refractivity contribution is 9.10.